The van der Waals surface area contributed by atoms with E-state index in [-0.39, 0.29) is 0 Å². The molecule has 2 aromatic heterocycles. The summed E-state index contributed by atoms with van der Waals surface area (Å²) in [6, 6.07) is 1.90. The molecule has 3 rings (SSSR count). The topological polar surface area (TPSA) is 92.0 Å². The van der Waals surface area contributed by atoms with Gasteiger partial charge < -0.3 is 15.0 Å². The summed E-state index contributed by atoms with van der Waals surface area (Å²) in [6.07, 6.45) is 3.79. The van der Waals surface area contributed by atoms with Gasteiger partial charge in [-0.15, -0.1) is 0 Å². The van der Waals surface area contributed by atoms with E-state index in [1.165, 1.54) is 6.42 Å². The highest BCUT2D eigenvalue weighted by molar-refractivity contribution is 5.47. The summed E-state index contributed by atoms with van der Waals surface area (Å²) in [5.74, 6) is 0.879. The molecule has 1 unspecified atom stereocenters. The van der Waals surface area contributed by atoms with Gasteiger partial charge in [-0.25, -0.2) is 0 Å². The maximum atomic E-state index is 6.27. The zero-order valence-electron chi connectivity index (χ0n) is 12.7. The Labute approximate surface area is 123 Å². The molecule has 114 valence electrons. The molecule has 0 radical (unpaired) electrons. The van der Waals surface area contributed by atoms with Crippen molar-refractivity contribution >= 4 is 0 Å². The van der Waals surface area contributed by atoms with E-state index in [1.807, 2.05) is 27.0 Å². The van der Waals surface area contributed by atoms with Crippen LogP contribution in [0.5, 0.6) is 0 Å². The Balaban J connectivity index is 1.75. The lowest BCUT2D eigenvalue weighted by atomic mass is 9.95. The van der Waals surface area contributed by atoms with Crippen LogP contribution in [0.15, 0.2) is 10.6 Å². The van der Waals surface area contributed by atoms with Gasteiger partial charge in [-0.1, -0.05) is 5.16 Å². The third kappa shape index (κ3) is 2.84. The van der Waals surface area contributed by atoms with Crippen LogP contribution >= 0.6 is 0 Å². The molecule has 1 atom stereocenters. The molecule has 2 N–H and O–H groups in total. The second-order valence-corrected chi connectivity index (χ2v) is 6.00. The molecule has 1 saturated carbocycles. The first-order valence-corrected chi connectivity index (χ1v) is 7.21. The molecule has 7 heteroatoms. The number of aryl methyl sites for hydroxylation is 2. The molecule has 0 saturated heterocycles. The largest absolute Gasteiger partial charge is 0.376 e. The molecule has 1 fully saturated rings. The van der Waals surface area contributed by atoms with Crippen LogP contribution in [-0.2, 0) is 17.3 Å². The number of hydrogen-bond acceptors (Lipinski definition) is 6. The summed E-state index contributed by atoms with van der Waals surface area (Å²) in [4.78, 5) is 4.40. The third-order valence-corrected chi connectivity index (χ3v) is 3.83. The second-order valence-electron chi connectivity index (χ2n) is 6.00. The average Bonchev–Trinajstić information content (AvgIpc) is 2.94. The van der Waals surface area contributed by atoms with Crippen LogP contribution in [0.2, 0.25) is 0 Å². The SMILES string of the molecule is Cc1cc(-c2nc(C(C)(N)COC3CCC3)no2)n(C)n1. The monoisotopic (exact) mass is 291 g/mol. The van der Waals surface area contributed by atoms with Gasteiger partial charge in [-0.2, -0.15) is 10.1 Å². The Morgan fingerprint density at radius 1 is 1.52 bits per heavy atom. The fourth-order valence-electron chi connectivity index (χ4n) is 2.26. The normalized spacial score (nSPS) is 18.5. The van der Waals surface area contributed by atoms with E-state index in [0.29, 0.717) is 24.4 Å². The zero-order chi connectivity index (χ0) is 15.0. The van der Waals surface area contributed by atoms with Crippen molar-refractivity contribution in [2.24, 2.45) is 12.8 Å². The molecule has 2 heterocycles. The third-order valence-electron chi connectivity index (χ3n) is 3.83. The molecule has 2 aromatic rings. The Bertz CT molecular complexity index is 627. The van der Waals surface area contributed by atoms with Gasteiger partial charge >= 0.3 is 0 Å². The first kappa shape index (κ1) is 14.2. The maximum absolute atomic E-state index is 6.27. The quantitative estimate of drug-likeness (QED) is 0.898. The van der Waals surface area contributed by atoms with Crippen molar-refractivity contribution in [3.63, 3.8) is 0 Å². The van der Waals surface area contributed by atoms with Crippen molar-refractivity contribution in [2.75, 3.05) is 6.61 Å². The van der Waals surface area contributed by atoms with Crippen molar-refractivity contribution in [1.82, 2.24) is 19.9 Å². The molecule has 0 spiro atoms. The van der Waals surface area contributed by atoms with Crippen LogP contribution in [0.1, 0.15) is 37.7 Å². The summed E-state index contributed by atoms with van der Waals surface area (Å²) in [5, 5.41) is 8.27. The smallest absolute Gasteiger partial charge is 0.276 e. The van der Waals surface area contributed by atoms with Crippen LogP contribution in [0.25, 0.3) is 11.6 Å². The first-order valence-electron chi connectivity index (χ1n) is 7.21. The lowest BCUT2D eigenvalue weighted by Gasteiger charge is -2.29. The van der Waals surface area contributed by atoms with Crippen LogP contribution in [0, 0.1) is 6.92 Å². The number of rotatable bonds is 5. The van der Waals surface area contributed by atoms with Gasteiger partial charge in [0.25, 0.3) is 5.89 Å². The summed E-state index contributed by atoms with van der Waals surface area (Å²) < 4.78 is 12.8. The van der Waals surface area contributed by atoms with Gasteiger partial charge in [0, 0.05) is 7.05 Å². The predicted octanol–water partition coefficient (Wildman–Crippen LogP) is 1.52. The standard InChI is InChI=1S/C14H21N5O2/c1-9-7-11(19(3)17-9)12-16-13(18-21-12)14(2,15)8-20-10-5-4-6-10/h7,10H,4-6,8,15H2,1-3H3. The van der Waals surface area contributed by atoms with Crippen molar-refractivity contribution in [1.29, 1.82) is 0 Å². The van der Waals surface area contributed by atoms with Crippen molar-refractivity contribution in [3.8, 4) is 11.6 Å². The fraction of sp³-hybridized carbons (Fsp3) is 0.643. The van der Waals surface area contributed by atoms with E-state index in [0.717, 1.165) is 24.2 Å². The highest BCUT2D eigenvalue weighted by atomic mass is 16.5. The highest BCUT2D eigenvalue weighted by Crippen LogP contribution is 2.26. The Morgan fingerprint density at radius 2 is 2.29 bits per heavy atom. The minimum Gasteiger partial charge on any atom is -0.376 e. The Hall–Kier alpha value is -1.73. The van der Waals surface area contributed by atoms with Gasteiger partial charge in [0.1, 0.15) is 11.2 Å². The summed E-state index contributed by atoms with van der Waals surface area (Å²) in [7, 11) is 1.84. The minimum atomic E-state index is -0.759. The second kappa shape index (κ2) is 5.23. The lowest BCUT2D eigenvalue weighted by molar-refractivity contribution is -0.0222. The molecule has 1 aliphatic rings. The maximum Gasteiger partial charge on any atom is 0.276 e. The van der Waals surface area contributed by atoms with E-state index in [1.54, 1.807) is 4.68 Å². The molecule has 0 bridgehead atoms. The van der Waals surface area contributed by atoms with E-state index >= 15 is 0 Å². The summed E-state index contributed by atoms with van der Waals surface area (Å²) in [5.41, 5.74) is 7.19. The minimum absolute atomic E-state index is 0.332. The first-order chi connectivity index (χ1) is 9.95. The number of nitrogens with zero attached hydrogens (tertiary/aromatic N) is 4. The lowest BCUT2D eigenvalue weighted by Crippen LogP contribution is -2.41. The van der Waals surface area contributed by atoms with Crippen molar-refractivity contribution in [2.45, 2.75) is 44.8 Å². The zero-order valence-corrected chi connectivity index (χ0v) is 12.7. The Morgan fingerprint density at radius 3 is 2.86 bits per heavy atom. The summed E-state index contributed by atoms with van der Waals surface area (Å²) in [6.45, 7) is 4.16. The molecule has 7 nitrogen and oxygen atoms in total. The molecule has 0 aliphatic heterocycles. The molecule has 0 aromatic carbocycles. The number of aromatic nitrogens is 4. The average molecular weight is 291 g/mol. The van der Waals surface area contributed by atoms with Gasteiger partial charge in [0.05, 0.1) is 18.4 Å². The van der Waals surface area contributed by atoms with Crippen molar-refractivity contribution in [3.05, 3.63) is 17.6 Å². The molecule has 0 amide bonds. The molecule has 21 heavy (non-hydrogen) atoms. The number of ether oxygens (including phenoxy) is 1. The van der Waals surface area contributed by atoms with Gasteiger partial charge in [0.2, 0.25) is 0 Å². The van der Waals surface area contributed by atoms with E-state index in [4.69, 9.17) is 15.0 Å². The summed E-state index contributed by atoms with van der Waals surface area (Å²) >= 11 is 0. The fourth-order valence-corrected chi connectivity index (χ4v) is 2.26. The number of nitrogens with two attached hydrogens (primary N) is 1. The van der Waals surface area contributed by atoms with Gasteiger partial charge in [-0.05, 0) is 39.2 Å². The predicted molar refractivity (Wildman–Crippen MR) is 76.4 cm³/mol. The van der Waals surface area contributed by atoms with Crippen LogP contribution in [0.4, 0.5) is 0 Å². The highest BCUT2D eigenvalue weighted by Gasteiger charge is 2.31. The van der Waals surface area contributed by atoms with E-state index in [9.17, 15) is 0 Å². The van der Waals surface area contributed by atoms with E-state index < -0.39 is 5.54 Å². The van der Waals surface area contributed by atoms with Crippen LogP contribution in [0.3, 0.4) is 0 Å². The van der Waals surface area contributed by atoms with E-state index in [2.05, 4.69) is 15.2 Å². The van der Waals surface area contributed by atoms with Gasteiger partial charge in [-0.3, -0.25) is 4.68 Å². The molecule has 1 aliphatic carbocycles. The van der Waals surface area contributed by atoms with Crippen molar-refractivity contribution < 1.29 is 9.26 Å². The molecular formula is C14H21N5O2. The molecular weight excluding hydrogens is 270 g/mol. The van der Waals surface area contributed by atoms with Gasteiger partial charge in [0.15, 0.2) is 5.82 Å². The van der Waals surface area contributed by atoms with Crippen LogP contribution in [-0.4, -0.2) is 32.6 Å². The Kier molecular flexibility index (Phi) is 3.54. The number of hydrogen-bond donors (Lipinski definition) is 1. The van der Waals surface area contributed by atoms with Crippen LogP contribution < -0.4 is 5.73 Å².